The Hall–Kier alpha value is -2.98. The summed E-state index contributed by atoms with van der Waals surface area (Å²) in [5, 5.41) is 20.3. The number of hydrogen-bond donors (Lipinski definition) is 1. The van der Waals surface area contributed by atoms with Gasteiger partial charge in [-0.05, 0) is 35.6 Å². The van der Waals surface area contributed by atoms with Gasteiger partial charge in [0.2, 0.25) is 0 Å². The molecular formula is C25H30FN3O3. The van der Waals surface area contributed by atoms with Gasteiger partial charge in [0.05, 0.1) is 30.6 Å². The van der Waals surface area contributed by atoms with E-state index < -0.39 is 17.6 Å². The van der Waals surface area contributed by atoms with Gasteiger partial charge in [0, 0.05) is 23.1 Å². The monoisotopic (exact) mass is 439 g/mol. The van der Waals surface area contributed by atoms with Crippen LogP contribution >= 0.6 is 0 Å². The minimum atomic E-state index is -1.41. The fourth-order valence-electron chi connectivity index (χ4n) is 4.31. The summed E-state index contributed by atoms with van der Waals surface area (Å²) in [7, 11) is 0. The maximum Gasteiger partial charge on any atom is 0.410 e. The van der Waals surface area contributed by atoms with Gasteiger partial charge in [0.15, 0.2) is 6.10 Å². The summed E-state index contributed by atoms with van der Waals surface area (Å²) in [6.45, 7) is 10.9. The van der Waals surface area contributed by atoms with Gasteiger partial charge in [-0.2, -0.15) is 5.26 Å². The fraction of sp³-hybridized carbons (Fsp3) is 0.480. The number of aliphatic hydroxyl groups is 1. The Morgan fingerprint density at radius 2 is 2.00 bits per heavy atom. The Balaban J connectivity index is 2.32. The number of carbonyl (C=O) groups excluding carboxylic acids is 1. The highest BCUT2D eigenvalue weighted by Gasteiger charge is 2.40. The molecule has 0 saturated carbocycles. The molecule has 7 heteroatoms. The minimum Gasteiger partial charge on any atom is -0.449 e. The van der Waals surface area contributed by atoms with Gasteiger partial charge >= 0.3 is 6.09 Å². The van der Waals surface area contributed by atoms with Crippen molar-refractivity contribution in [1.82, 2.24) is 9.88 Å². The molecule has 0 bridgehead atoms. The minimum absolute atomic E-state index is 0.0548. The molecule has 1 amide bonds. The van der Waals surface area contributed by atoms with Gasteiger partial charge in [-0.1, -0.05) is 46.8 Å². The van der Waals surface area contributed by atoms with Gasteiger partial charge in [0.25, 0.3) is 0 Å². The van der Waals surface area contributed by atoms with Crippen LogP contribution in [0.25, 0.3) is 11.1 Å². The van der Waals surface area contributed by atoms with Crippen molar-refractivity contribution in [3.05, 3.63) is 52.6 Å². The number of nitrogens with zero attached hydrogens (tertiary/aromatic N) is 3. The lowest BCUT2D eigenvalue weighted by atomic mass is 9.77. The van der Waals surface area contributed by atoms with E-state index in [9.17, 15) is 19.6 Å². The Kier molecular flexibility index (Phi) is 6.85. The van der Waals surface area contributed by atoms with Crippen LogP contribution in [0.15, 0.2) is 24.3 Å². The number of pyridine rings is 1. The Bertz CT molecular complexity index is 1040. The van der Waals surface area contributed by atoms with Gasteiger partial charge in [-0.3, -0.25) is 4.98 Å². The highest BCUT2D eigenvalue weighted by molar-refractivity contribution is 5.76. The first-order valence-electron chi connectivity index (χ1n) is 10.9. The normalized spacial score (nSPS) is 15.8. The van der Waals surface area contributed by atoms with Crippen LogP contribution in [0.1, 0.15) is 75.6 Å². The smallest absolute Gasteiger partial charge is 0.410 e. The number of aromatic nitrogens is 1. The molecule has 0 radical (unpaired) electrons. The molecule has 0 aliphatic carbocycles. The zero-order chi connectivity index (χ0) is 23.6. The number of halogens is 1. The molecule has 2 aromatic rings. The fourth-order valence-corrected chi connectivity index (χ4v) is 4.31. The molecule has 1 unspecified atom stereocenters. The lowest BCUT2D eigenvalue weighted by Crippen LogP contribution is -2.46. The lowest BCUT2D eigenvalue weighted by Gasteiger charge is -2.40. The average molecular weight is 440 g/mol. The number of fused-ring (bicyclic) bond motifs is 1. The van der Waals surface area contributed by atoms with E-state index in [0.717, 1.165) is 17.7 Å². The Morgan fingerprint density at radius 1 is 1.34 bits per heavy atom. The van der Waals surface area contributed by atoms with Crippen molar-refractivity contribution in [3.63, 3.8) is 0 Å². The van der Waals surface area contributed by atoms with Gasteiger partial charge < -0.3 is 14.7 Å². The van der Waals surface area contributed by atoms with Crippen molar-refractivity contribution in [2.75, 3.05) is 13.2 Å². The van der Waals surface area contributed by atoms with Crippen LogP contribution < -0.4 is 0 Å². The van der Waals surface area contributed by atoms with E-state index >= 15 is 0 Å². The van der Waals surface area contributed by atoms with Crippen LogP contribution in [0, 0.1) is 17.1 Å². The highest BCUT2D eigenvalue weighted by Crippen LogP contribution is 2.43. The van der Waals surface area contributed by atoms with E-state index in [1.54, 1.807) is 17.0 Å². The standard InChI is InChI=1S/C25H30FN3O3/c1-6-11-32-24(31)29-13-18-20(16-7-9-17(26)10-8-16)21(19(30)12-27)22(15(2)3)28-23(18)25(4,5)14-29/h7-10,15,19,30H,6,11,13-14H2,1-5H3. The molecule has 1 atom stereocenters. The largest absolute Gasteiger partial charge is 0.449 e. The van der Waals surface area contributed by atoms with Crippen LogP contribution in [0.3, 0.4) is 0 Å². The molecule has 6 nitrogen and oxygen atoms in total. The lowest BCUT2D eigenvalue weighted by molar-refractivity contribution is 0.0867. The summed E-state index contributed by atoms with van der Waals surface area (Å²) in [4.78, 5) is 19.3. The number of aliphatic hydroxyl groups excluding tert-OH is 1. The number of hydrogen-bond acceptors (Lipinski definition) is 5. The highest BCUT2D eigenvalue weighted by atomic mass is 19.1. The van der Waals surface area contributed by atoms with Gasteiger partial charge in [-0.15, -0.1) is 0 Å². The second kappa shape index (κ2) is 9.25. The molecule has 1 aromatic heterocycles. The first-order chi connectivity index (χ1) is 15.1. The third-order valence-corrected chi connectivity index (χ3v) is 5.70. The van der Waals surface area contributed by atoms with Crippen molar-refractivity contribution in [1.29, 1.82) is 5.26 Å². The predicted molar refractivity (Wildman–Crippen MR) is 119 cm³/mol. The van der Waals surface area contributed by atoms with Crippen LogP contribution in [0.5, 0.6) is 0 Å². The first-order valence-corrected chi connectivity index (χ1v) is 10.9. The van der Waals surface area contributed by atoms with Gasteiger partial charge in [-0.25, -0.2) is 9.18 Å². The molecule has 0 fully saturated rings. The van der Waals surface area contributed by atoms with E-state index in [4.69, 9.17) is 9.72 Å². The van der Waals surface area contributed by atoms with E-state index in [-0.39, 0.29) is 18.3 Å². The molecule has 1 N–H and O–H groups in total. The topological polar surface area (TPSA) is 86.4 Å². The predicted octanol–water partition coefficient (Wildman–Crippen LogP) is 5.21. The van der Waals surface area contributed by atoms with Crippen LogP contribution in [-0.2, 0) is 16.7 Å². The second-order valence-electron chi connectivity index (χ2n) is 9.16. The molecular weight excluding hydrogens is 409 g/mol. The number of amides is 1. The second-order valence-corrected chi connectivity index (χ2v) is 9.16. The van der Waals surface area contributed by atoms with Crippen molar-refractivity contribution in [3.8, 4) is 17.2 Å². The molecule has 170 valence electrons. The van der Waals surface area contributed by atoms with Crippen LogP contribution in [-0.4, -0.2) is 34.2 Å². The number of benzene rings is 1. The SMILES string of the molecule is CCCOC(=O)N1Cc2c(nc(C(C)C)c(C(O)C#N)c2-c2ccc(F)cc2)C(C)(C)C1. The zero-order valence-electron chi connectivity index (χ0n) is 19.3. The average Bonchev–Trinajstić information content (AvgIpc) is 2.75. The summed E-state index contributed by atoms with van der Waals surface area (Å²) < 4.78 is 19.1. The van der Waals surface area contributed by atoms with Crippen molar-refractivity contribution in [2.45, 2.75) is 65.0 Å². The number of rotatable bonds is 5. The van der Waals surface area contributed by atoms with E-state index in [1.807, 2.05) is 40.7 Å². The molecule has 1 aliphatic heterocycles. The summed E-state index contributed by atoms with van der Waals surface area (Å²) in [5.74, 6) is -0.436. The number of carbonyl (C=O) groups is 1. The molecule has 32 heavy (non-hydrogen) atoms. The van der Waals surface area contributed by atoms with E-state index in [0.29, 0.717) is 35.5 Å². The van der Waals surface area contributed by atoms with Crippen LogP contribution in [0.2, 0.25) is 0 Å². The zero-order valence-corrected chi connectivity index (χ0v) is 19.3. The third kappa shape index (κ3) is 4.46. The van der Waals surface area contributed by atoms with E-state index in [2.05, 4.69) is 0 Å². The first kappa shape index (κ1) is 23.7. The van der Waals surface area contributed by atoms with Crippen LogP contribution in [0.4, 0.5) is 9.18 Å². The molecule has 0 saturated heterocycles. The summed E-state index contributed by atoms with van der Waals surface area (Å²) in [5.41, 5.74) is 3.40. The molecule has 3 rings (SSSR count). The van der Waals surface area contributed by atoms with Crippen molar-refractivity contribution < 1.29 is 19.0 Å². The van der Waals surface area contributed by atoms with Gasteiger partial charge in [0.1, 0.15) is 5.82 Å². The summed E-state index contributed by atoms with van der Waals surface area (Å²) >= 11 is 0. The van der Waals surface area contributed by atoms with E-state index in [1.165, 1.54) is 12.1 Å². The molecule has 2 heterocycles. The molecule has 1 aromatic carbocycles. The quantitative estimate of drug-likeness (QED) is 0.647. The summed E-state index contributed by atoms with van der Waals surface area (Å²) in [6, 6.07) is 7.88. The third-order valence-electron chi connectivity index (χ3n) is 5.70. The summed E-state index contributed by atoms with van der Waals surface area (Å²) in [6.07, 6.45) is -1.10. The molecule has 0 spiro atoms. The number of ether oxygens (including phenoxy) is 1. The van der Waals surface area contributed by atoms with Crippen molar-refractivity contribution in [2.24, 2.45) is 0 Å². The maximum absolute atomic E-state index is 13.7. The van der Waals surface area contributed by atoms with Crippen molar-refractivity contribution >= 4 is 6.09 Å². The maximum atomic E-state index is 13.7. The number of nitriles is 1. The Labute approximate surface area is 188 Å². The Morgan fingerprint density at radius 3 is 2.56 bits per heavy atom. The molecule has 1 aliphatic rings.